The van der Waals surface area contributed by atoms with E-state index in [2.05, 4.69) is 10.5 Å². The van der Waals surface area contributed by atoms with Crippen molar-refractivity contribution in [1.29, 1.82) is 0 Å². The van der Waals surface area contributed by atoms with Crippen molar-refractivity contribution in [2.75, 3.05) is 17.1 Å². The number of amides is 1. The number of anilines is 1. The molecular weight excluding hydrogens is 314 g/mol. The van der Waals surface area contributed by atoms with E-state index in [4.69, 9.17) is 0 Å². The number of sulfonamides is 1. The molecule has 1 aromatic carbocycles. The number of carbonyl (C=O) groups excluding carboxylic acids is 1. The van der Waals surface area contributed by atoms with Crippen LogP contribution in [0.3, 0.4) is 0 Å². The van der Waals surface area contributed by atoms with Crippen LogP contribution in [0, 0.1) is 12.3 Å². The number of rotatable bonds is 5. The second kappa shape index (κ2) is 7.12. The van der Waals surface area contributed by atoms with Crippen molar-refractivity contribution in [3.05, 3.63) is 29.8 Å². The molecule has 0 saturated carbocycles. The molecule has 0 aliphatic heterocycles. The van der Waals surface area contributed by atoms with Crippen LogP contribution in [0.5, 0.6) is 0 Å². The first kappa shape index (κ1) is 19.2. The van der Waals surface area contributed by atoms with Gasteiger partial charge in [-0.05, 0) is 31.5 Å². The Labute approximate surface area is 138 Å². The highest BCUT2D eigenvalue weighted by Crippen LogP contribution is 2.18. The molecule has 1 aromatic rings. The standard InChI is InChI=1S/C16H25N3O3S/c1-12-8-7-9-14(10-12)19(23(6,21)22)11-15(20)18-17-13(2)16(3,4)5/h7-10H,11H2,1-6H3,(H,18,20)/b17-13-. The summed E-state index contributed by atoms with van der Waals surface area (Å²) in [7, 11) is -3.57. The van der Waals surface area contributed by atoms with Crippen LogP contribution in [-0.2, 0) is 14.8 Å². The molecule has 0 heterocycles. The molecule has 0 aliphatic rings. The van der Waals surface area contributed by atoms with Crippen molar-refractivity contribution in [3.63, 3.8) is 0 Å². The number of hydrogen-bond donors (Lipinski definition) is 1. The van der Waals surface area contributed by atoms with Gasteiger partial charge in [-0.15, -0.1) is 0 Å². The Balaban J connectivity index is 2.94. The zero-order valence-corrected chi connectivity index (χ0v) is 15.4. The van der Waals surface area contributed by atoms with Crippen LogP contribution in [-0.4, -0.2) is 32.8 Å². The topological polar surface area (TPSA) is 78.8 Å². The lowest BCUT2D eigenvalue weighted by atomic mass is 9.91. The summed E-state index contributed by atoms with van der Waals surface area (Å²) in [6, 6.07) is 6.99. The van der Waals surface area contributed by atoms with Crippen molar-refractivity contribution in [3.8, 4) is 0 Å². The van der Waals surface area contributed by atoms with Gasteiger partial charge in [-0.25, -0.2) is 13.8 Å². The molecule has 23 heavy (non-hydrogen) atoms. The number of hydrogen-bond acceptors (Lipinski definition) is 4. The van der Waals surface area contributed by atoms with Crippen molar-refractivity contribution in [2.24, 2.45) is 10.5 Å². The molecule has 0 spiro atoms. The summed E-state index contributed by atoms with van der Waals surface area (Å²) < 4.78 is 25.0. The molecule has 0 saturated heterocycles. The lowest BCUT2D eigenvalue weighted by Crippen LogP contribution is -2.39. The Hall–Kier alpha value is -1.89. The molecule has 128 valence electrons. The summed E-state index contributed by atoms with van der Waals surface area (Å²) in [6.45, 7) is 9.30. The monoisotopic (exact) mass is 339 g/mol. The van der Waals surface area contributed by atoms with Gasteiger partial charge >= 0.3 is 0 Å². The van der Waals surface area contributed by atoms with E-state index in [-0.39, 0.29) is 12.0 Å². The quantitative estimate of drug-likeness (QED) is 0.660. The molecule has 1 rings (SSSR count). The molecule has 1 amide bonds. The first-order chi connectivity index (χ1) is 10.4. The van der Waals surface area contributed by atoms with Crippen LogP contribution in [0.2, 0.25) is 0 Å². The summed E-state index contributed by atoms with van der Waals surface area (Å²) in [4.78, 5) is 12.1. The van der Waals surface area contributed by atoms with Crippen LogP contribution in [0.25, 0.3) is 0 Å². The van der Waals surface area contributed by atoms with Crippen molar-refractivity contribution in [2.45, 2.75) is 34.6 Å². The number of nitrogens with zero attached hydrogens (tertiary/aromatic N) is 2. The van der Waals surface area contributed by atoms with E-state index in [0.717, 1.165) is 21.8 Å². The largest absolute Gasteiger partial charge is 0.271 e. The van der Waals surface area contributed by atoms with E-state index in [1.54, 1.807) is 18.2 Å². The maximum absolute atomic E-state index is 12.1. The Bertz CT molecular complexity index is 704. The number of benzene rings is 1. The fourth-order valence-corrected chi connectivity index (χ4v) is 2.51. The van der Waals surface area contributed by atoms with Gasteiger partial charge in [0.25, 0.3) is 5.91 Å². The highest BCUT2D eigenvalue weighted by molar-refractivity contribution is 7.92. The van der Waals surface area contributed by atoms with Crippen molar-refractivity contribution in [1.82, 2.24) is 5.43 Å². The van der Waals surface area contributed by atoms with Gasteiger partial charge in [0.15, 0.2) is 0 Å². The average Bonchev–Trinajstić information content (AvgIpc) is 2.39. The Kier molecular flexibility index (Phi) is 5.93. The lowest BCUT2D eigenvalue weighted by molar-refractivity contribution is -0.119. The third-order valence-corrected chi connectivity index (χ3v) is 4.55. The fourth-order valence-electron chi connectivity index (χ4n) is 1.66. The van der Waals surface area contributed by atoms with Crippen molar-refractivity contribution >= 4 is 27.3 Å². The molecule has 6 nitrogen and oxygen atoms in total. The third kappa shape index (κ3) is 6.02. The van der Waals surface area contributed by atoms with Gasteiger partial charge in [-0.1, -0.05) is 32.9 Å². The minimum absolute atomic E-state index is 0.166. The lowest BCUT2D eigenvalue weighted by Gasteiger charge is -2.22. The number of nitrogens with one attached hydrogen (secondary N) is 1. The number of carbonyl (C=O) groups is 1. The van der Waals surface area contributed by atoms with Gasteiger partial charge in [0, 0.05) is 11.1 Å². The SMILES string of the molecule is C/C(=N/NC(=O)CN(c1cccc(C)c1)S(C)(=O)=O)C(C)(C)C. The van der Waals surface area contributed by atoms with E-state index >= 15 is 0 Å². The minimum atomic E-state index is -3.57. The highest BCUT2D eigenvalue weighted by Gasteiger charge is 2.21. The second-order valence-corrected chi connectivity index (χ2v) is 8.50. The molecule has 0 radical (unpaired) electrons. The zero-order chi connectivity index (χ0) is 17.8. The van der Waals surface area contributed by atoms with E-state index in [9.17, 15) is 13.2 Å². The zero-order valence-electron chi connectivity index (χ0n) is 14.5. The van der Waals surface area contributed by atoms with Crippen LogP contribution in [0.4, 0.5) is 5.69 Å². The molecule has 0 bridgehead atoms. The maximum atomic E-state index is 12.1. The summed E-state index contributed by atoms with van der Waals surface area (Å²) in [5.74, 6) is -0.486. The van der Waals surface area contributed by atoms with Crippen LogP contribution in [0.1, 0.15) is 33.3 Å². The predicted octanol–water partition coefficient (Wildman–Crippen LogP) is 2.30. The van der Waals surface area contributed by atoms with Gasteiger partial charge in [0.1, 0.15) is 6.54 Å². The Morgan fingerprint density at radius 2 is 1.91 bits per heavy atom. The molecular formula is C16H25N3O3S. The Morgan fingerprint density at radius 3 is 2.39 bits per heavy atom. The first-order valence-corrected chi connectivity index (χ1v) is 9.14. The van der Waals surface area contributed by atoms with Crippen molar-refractivity contribution < 1.29 is 13.2 Å². The summed E-state index contributed by atoms with van der Waals surface area (Å²) in [6.07, 6.45) is 1.08. The van der Waals surface area contributed by atoms with Crippen LogP contribution >= 0.6 is 0 Å². The molecule has 0 atom stereocenters. The molecule has 7 heteroatoms. The van der Waals surface area contributed by atoms with Crippen LogP contribution < -0.4 is 9.73 Å². The summed E-state index contributed by atoms with van der Waals surface area (Å²) >= 11 is 0. The van der Waals surface area contributed by atoms with E-state index in [1.807, 2.05) is 40.7 Å². The first-order valence-electron chi connectivity index (χ1n) is 7.29. The predicted molar refractivity (Wildman–Crippen MR) is 94.1 cm³/mol. The maximum Gasteiger partial charge on any atom is 0.260 e. The third-order valence-electron chi connectivity index (χ3n) is 3.41. The van der Waals surface area contributed by atoms with E-state index in [0.29, 0.717) is 5.69 Å². The fraction of sp³-hybridized carbons (Fsp3) is 0.500. The van der Waals surface area contributed by atoms with Gasteiger partial charge < -0.3 is 0 Å². The average molecular weight is 339 g/mol. The van der Waals surface area contributed by atoms with Gasteiger partial charge in [0.2, 0.25) is 10.0 Å². The smallest absolute Gasteiger partial charge is 0.260 e. The Morgan fingerprint density at radius 1 is 1.30 bits per heavy atom. The summed E-state index contributed by atoms with van der Waals surface area (Å²) in [5, 5.41) is 4.04. The molecule has 0 fully saturated rings. The molecule has 0 aliphatic carbocycles. The number of hydrazone groups is 1. The number of aryl methyl sites for hydroxylation is 1. The van der Waals surface area contributed by atoms with Gasteiger partial charge in [-0.2, -0.15) is 5.10 Å². The van der Waals surface area contributed by atoms with E-state index < -0.39 is 15.9 Å². The molecule has 0 unspecified atom stereocenters. The van der Waals surface area contributed by atoms with Gasteiger partial charge in [0.05, 0.1) is 11.9 Å². The van der Waals surface area contributed by atoms with Crippen LogP contribution in [0.15, 0.2) is 29.4 Å². The highest BCUT2D eigenvalue weighted by atomic mass is 32.2. The normalized spacial score (nSPS) is 12.9. The second-order valence-electron chi connectivity index (χ2n) is 6.59. The van der Waals surface area contributed by atoms with Gasteiger partial charge in [-0.3, -0.25) is 9.10 Å². The minimum Gasteiger partial charge on any atom is -0.271 e. The van der Waals surface area contributed by atoms with E-state index in [1.165, 1.54) is 0 Å². The molecule has 1 N–H and O–H groups in total. The molecule has 0 aromatic heterocycles. The summed E-state index contributed by atoms with van der Waals surface area (Å²) in [5.41, 5.74) is 4.38.